The fourth-order valence-electron chi connectivity index (χ4n) is 1.23. The van der Waals surface area contributed by atoms with Crippen molar-refractivity contribution >= 4 is 40.0 Å². The van der Waals surface area contributed by atoms with Crippen molar-refractivity contribution < 1.29 is 9.21 Å². The third-order valence-electron chi connectivity index (χ3n) is 1.93. The smallest absolute Gasteiger partial charge is 0.194 e. The third-order valence-corrected chi connectivity index (χ3v) is 2.56. The van der Waals surface area contributed by atoms with E-state index in [4.69, 9.17) is 27.6 Å². The average Bonchev–Trinajstić information content (AvgIpc) is 2.57. The molecule has 0 bridgehead atoms. The van der Waals surface area contributed by atoms with Crippen molar-refractivity contribution in [3.63, 3.8) is 0 Å². The van der Waals surface area contributed by atoms with E-state index in [0.29, 0.717) is 21.0 Å². The van der Waals surface area contributed by atoms with Crippen LogP contribution < -0.4 is 0 Å². The Kier molecular flexibility index (Phi) is 2.25. The summed E-state index contributed by atoms with van der Waals surface area (Å²) >= 11 is 11.8. The molecule has 0 unspecified atom stereocenters. The summed E-state index contributed by atoms with van der Waals surface area (Å²) in [5.41, 5.74) is 0.462. The van der Waals surface area contributed by atoms with Gasteiger partial charge in [0.05, 0.1) is 10.0 Å². The molecule has 0 saturated heterocycles. The van der Waals surface area contributed by atoms with E-state index < -0.39 is 0 Å². The van der Waals surface area contributed by atoms with Crippen LogP contribution in [-0.2, 0) is 0 Å². The molecule has 0 aliphatic carbocycles. The number of Topliss-reactive ketones (excluding diaryl/α,β-unsaturated/α-hetero) is 1. The van der Waals surface area contributed by atoms with Gasteiger partial charge < -0.3 is 4.42 Å². The number of hydrogen-bond acceptors (Lipinski definition) is 2. The van der Waals surface area contributed by atoms with E-state index in [0.717, 1.165) is 0 Å². The van der Waals surface area contributed by atoms with E-state index in [1.807, 2.05) is 0 Å². The van der Waals surface area contributed by atoms with Gasteiger partial charge in [-0.15, -0.1) is 0 Å². The highest BCUT2D eigenvalue weighted by molar-refractivity contribution is 6.39. The van der Waals surface area contributed by atoms with Gasteiger partial charge in [0.25, 0.3) is 0 Å². The molecule has 14 heavy (non-hydrogen) atoms. The van der Waals surface area contributed by atoms with Gasteiger partial charge in [0, 0.05) is 12.3 Å². The van der Waals surface area contributed by atoms with Gasteiger partial charge in [-0.2, -0.15) is 0 Å². The first-order valence-corrected chi connectivity index (χ1v) is 4.73. The molecule has 0 atom stereocenters. The molecule has 0 aliphatic heterocycles. The molecule has 2 nitrogen and oxygen atoms in total. The molecule has 72 valence electrons. The van der Waals surface area contributed by atoms with Crippen molar-refractivity contribution in [1.82, 2.24) is 0 Å². The lowest BCUT2D eigenvalue weighted by molar-refractivity contribution is 0.0989. The van der Waals surface area contributed by atoms with Gasteiger partial charge in [0.1, 0.15) is 0 Å². The van der Waals surface area contributed by atoms with Crippen molar-refractivity contribution in [1.29, 1.82) is 0 Å². The molecule has 1 heterocycles. The summed E-state index contributed by atoms with van der Waals surface area (Å²) < 4.78 is 5.28. The lowest BCUT2D eigenvalue weighted by Gasteiger charge is -1.93. The molecule has 0 radical (unpaired) electrons. The Bertz CT molecular complexity index is 475. The Hall–Kier alpha value is -0.990. The number of hydrogen-bond donors (Lipinski definition) is 0. The molecule has 0 fully saturated rings. The average molecular weight is 229 g/mol. The van der Waals surface area contributed by atoms with Crippen molar-refractivity contribution in [2.75, 3.05) is 0 Å². The first-order valence-electron chi connectivity index (χ1n) is 3.98. The Morgan fingerprint density at radius 1 is 1.29 bits per heavy atom. The standard InChI is InChI=1S/C10H6Cl2O2/c1-5(13)9-4-6-7(11)2-3-8(12)10(6)14-9/h2-4H,1H3. The SMILES string of the molecule is CC(=O)c1cc2c(Cl)ccc(Cl)c2o1. The minimum absolute atomic E-state index is 0.145. The lowest BCUT2D eigenvalue weighted by atomic mass is 10.2. The summed E-state index contributed by atoms with van der Waals surface area (Å²) in [7, 11) is 0. The number of ketones is 1. The molecular formula is C10H6Cl2O2. The van der Waals surface area contributed by atoms with Crippen LogP contribution in [0, 0.1) is 0 Å². The second kappa shape index (κ2) is 3.30. The van der Waals surface area contributed by atoms with Crippen LogP contribution in [0.25, 0.3) is 11.0 Å². The van der Waals surface area contributed by atoms with E-state index in [1.165, 1.54) is 6.92 Å². The molecule has 0 saturated carbocycles. The van der Waals surface area contributed by atoms with E-state index in [-0.39, 0.29) is 11.5 Å². The van der Waals surface area contributed by atoms with Crippen LogP contribution in [0.5, 0.6) is 0 Å². The van der Waals surface area contributed by atoms with Gasteiger partial charge in [-0.05, 0) is 18.2 Å². The number of benzene rings is 1. The van der Waals surface area contributed by atoms with Crippen LogP contribution in [0.4, 0.5) is 0 Å². The van der Waals surface area contributed by atoms with Gasteiger partial charge >= 0.3 is 0 Å². The van der Waals surface area contributed by atoms with Crippen LogP contribution in [0.1, 0.15) is 17.5 Å². The predicted octanol–water partition coefficient (Wildman–Crippen LogP) is 3.94. The molecule has 0 aliphatic rings. The van der Waals surface area contributed by atoms with E-state index in [2.05, 4.69) is 0 Å². The monoisotopic (exact) mass is 228 g/mol. The summed E-state index contributed by atoms with van der Waals surface area (Å²) in [5.74, 6) is 0.128. The molecule has 4 heteroatoms. The molecular weight excluding hydrogens is 223 g/mol. The highest BCUT2D eigenvalue weighted by Gasteiger charge is 2.12. The second-order valence-corrected chi connectivity index (χ2v) is 3.75. The third kappa shape index (κ3) is 1.41. The Morgan fingerprint density at radius 3 is 2.50 bits per heavy atom. The van der Waals surface area contributed by atoms with Gasteiger partial charge in [-0.25, -0.2) is 0 Å². The maximum absolute atomic E-state index is 11.1. The fraction of sp³-hybridized carbons (Fsp3) is 0.100. The van der Waals surface area contributed by atoms with Crippen molar-refractivity contribution in [3.8, 4) is 0 Å². The van der Waals surface area contributed by atoms with Gasteiger partial charge in [-0.3, -0.25) is 4.79 Å². The number of carbonyl (C=O) groups is 1. The Labute approximate surface area is 90.4 Å². The zero-order valence-corrected chi connectivity index (χ0v) is 8.82. The maximum Gasteiger partial charge on any atom is 0.194 e. The zero-order valence-electron chi connectivity index (χ0n) is 7.30. The Balaban J connectivity index is 2.82. The molecule has 0 spiro atoms. The Morgan fingerprint density at radius 2 is 1.93 bits per heavy atom. The molecule has 1 aromatic carbocycles. The van der Waals surface area contributed by atoms with E-state index in [9.17, 15) is 4.79 Å². The number of rotatable bonds is 1. The van der Waals surface area contributed by atoms with Gasteiger partial charge in [0.2, 0.25) is 0 Å². The summed E-state index contributed by atoms with van der Waals surface area (Å²) in [6.07, 6.45) is 0. The van der Waals surface area contributed by atoms with E-state index >= 15 is 0 Å². The lowest BCUT2D eigenvalue weighted by Crippen LogP contribution is -1.85. The fourth-order valence-corrected chi connectivity index (χ4v) is 1.64. The molecule has 1 aromatic heterocycles. The summed E-state index contributed by atoms with van der Waals surface area (Å²) in [6.45, 7) is 1.43. The first kappa shape index (κ1) is 9.56. The first-order chi connectivity index (χ1) is 6.59. The van der Waals surface area contributed by atoms with Crippen LogP contribution in [0.3, 0.4) is 0 Å². The number of furan rings is 1. The minimum atomic E-state index is -0.145. The van der Waals surface area contributed by atoms with Crippen LogP contribution in [0.2, 0.25) is 10.0 Å². The van der Waals surface area contributed by atoms with Crippen molar-refractivity contribution in [3.05, 3.63) is 34.0 Å². The van der Waals surface area contributed by atoms with Gasteiger partial charge in [0.15, 0.2) is 17.1 Å². The number of carbonyl (C=O) groups excluding carboxylic acids is 1. The molecule has 0 amide bonds. The van der Waals surface area contributed by atoms with Crippen LogP contribution >= 0.6 is 23.2 Å². The predicted molar refractivity (Wildman–Crippen MR) is 56.2 cm³/mol. The molecule has 0 N–H and O–H groups in total. The summed E-state index contributed by atoms with van der Waals surface area (Å²) in [6, 6.07) is 4.91. The zero-order chi connectivity index (χ0) is 10.3. The minimum Gasteiger partial charge on any atom is -0.451 e. The van der Waals surface area contributed by atoms with Crippen LogP contribution in [-0.4, -0.2) is 5.78 Å². The summed E-state index contributed by atoms with van der Waals surface area (Å²) in [5, 5.41) is 1.65. The van der Waals surface area contributed by atoms with Crippen molar-refractivity contribution in [2.45, 2.75) is 6.92 Å². The largest absolute Gasteiger partial charge is 0.451 e. The topological polar surface area (TPSA) is 30.2 Å². The quantitative estimate of drug-likeness (QED) is 0.693. The number of fused-ring (bicyclic) bond motifs is 1. The molecule has 2 aromatic rings. The molecule has 2 rings (SSSR count). The van der Waals surface area contributed by atoms with Crippen molar-refractivity contribution in [2.24, 2.45) is 0 Å². The number of halogens is 2. The maximum atomic E-state index is 11.1. The highest BCUT2D eigenvalue weighted by atomic mass is 35.5. The van der Waals surface area contributed by atoms with Crippen LogP contribution in [0.15, 0.2) is 22.6 Å². The normalized spacial score (nSPS) is 10.8. The highest BCUT2D eigenvalue weighted by Crippen LogP contribution is 2.32. The van der Waals surface area contributed by atoms with E-state index in [1.54, 1.807) is 18.2 Å². The summed E-state index contributed by atoms with van der Waals surface area (Å²) in [4.78, 5) is 11.1. The second-order valence-electron chi connectivity index (χ2n) is 2.94. The van der Waals surface area contributed by atoms with Gasteiger partial charge in [-0.1, -0.05) is 23.2 Å².